The first kappa shape index (κ1) is 25.9. The van der Waals surface area contributed by atoms with E-state index in [9.17, 15) is 4.79 Å². The van der Waals surface area contributed by atoms with Crippen LogP contribution in [0.5, 0.6) is 0 Å². The standard InChI is InChI=1S/C28H32N8OS/c1-19(2)32-23-15-24(25-10-9-21-14-20(16-29)17-31-36(21)25)30-18-22(23)27-33-34-28(38-27)26(37)8-4-7-13-35-11-5-3-6-12-35/h9-10,14-15,17-19H,3-8,11-13H2,1-2H3,(H,30,32). The lowest BCUT2D eigenvalue weighted by molar-refractivity contribution is 0.0976. The van der Waals surface area contributed by atoms with Crippen LogP contribution in [0, 0.1) is 11.3 Å². The number of anilines is 1. The van der Waals surface area contributed by atoms with E-state index in [0.29, 0.717) is 22.0 Å². The third-order valence-electron chi connectivity index (χ3n) is 6.71. The highest BCUT2D eigenvalue weighted by Crippen LogP contribution is 2.34. The maximum absolute atomic E-state index is 12.8. The summed E-state index contributed by atoms with van der Waals surface area (Å²) in [6.45, 7) is 7.59. The first-order valence-corrected chi connectivity index (χ1v) is 14.1. The maximum atomic E-state index is 12.8. The monoisotopic (exact) mass is 528 g/mol. The zero-order valence-electron chi connectivity index (χ0n) is 21.9. The van der Waals surface area contributed by atoms with Crippen molar-refractivity contribution in [2.75, 3.05) is 25.0 Å². The number of hydrogen-bond acceptors (Lipinski definition) is 9. The molecule has 196 valence electrons. The van der Waals surface area contributed by atoms with Gasteiger partial charge in [-0.2, -0.15) is 10.4 Å². The molecule has 0 aliphatic carbocycles. The van der Waals surface area contributed by atoms with Gasteiger partial charge in [0.05, 0.1) is 34.2 Å². The molecule has 5 rings (SSSR count). The van der Waals surface area contributed by atoms with E-state index < -0.39 is 0 Å². The average molecular weight is 529 g/mol. The molecule has 1 N–H and O–H groups in total. The summed E-state index contributed by atoms with van der Waals surface area (Å²) in [5, 5.41) is 26.8. The molecule has 0 bridgehead atoms. The molecule has 9 nitrogen and oxygen atoms in total. The Morgan fingerprint density at radius 1 is 1.13 bits per heavy atom. The summed E-state index contributed by atoms with van der Waals surface area (Å²) in [4.78, 5) is 20.0. The average Bonchev–Trinajstić information content (AvgIpc) is 3.59. The molecular weight excluding hydrogens is 496 g/mol. The highest BCUT2D eigenvalue weighted by Gasteiger charge is 2.19. The van der Waals surface area contributed by atoms with Gasteiger partial charge in [-0.15, -0.1) is 10.2 Å². The number of nitrogens with zero attached hydrogens (tertiary/aromatic N) is 7. The molecule has 1 fully saturated rings. The summed E-state index contributed by atoms with van der Waals surface area (Å²) >= 11 is 1.32. The van der Waals surface area contributed by atoms with Gasteiger partial charge in [0, 0.05) is 24.3 Å². The second-order valence-corrected chi connectivity index (χ2v) is 11.0. The van der Waals surface area contributed by atoms with E-state index in [1.54, 1.807) is 23.0 Å². The highest BCUT2D eigenvalue weighted by atomic mass is 32.1. The molecule has 4 aromatic rings. The molecule has 0 aromatic carbocycles. The normalized spacial score (nSPS) is 14.2. The van der Waals surface area contributed by atoms with Gasteiger partial charge in [0.25, 0.3) is 0 Å². The fourth-order valence-electron chi connectivity index (χ4n) is 4.81. The van der Waals surface area contributed by atoms with Crippen LogP contribution in [0.25, 0.3) is 27.5 Å². The lowest BCUT2D eigenvalue weighted by Crippen LogP contribution is -2.30. The van der Waals surface area contributed by atoms with E-state index >= 15 is 0 Å². The number of Topliss-reactive ketones (excluding diaryl/α,β-unsaturated/α-hetero) is 1. The van der Waals surface area contributed by atoms with Gasteiger partial charge in [-0.25, -0.2) is 4.52 Å². The van der Waals surface area contributed by atoms with Crippen molar-refractivity contribution >= 4 is 28.3 Å². The van der Waals surface area contributed by atoms with Crippen molar-refractivity contribution in [1.82, 2.24) is 29.7 Å². The molecule has 1 saturated heterocycles. The summed E-state index contributed by atoms with van der Waals surface area (Å²) in [5.41, 5.74) is 4.57. The molecule has 0 spiro atoms. The zero-order valence-corrected chi connectivity index (χ0v) is 22.7. The third kappa shape index (κ3) is 5.90. The number of nitrogens with one attached hydrogen (secondary N) is 1. The third-order valence-corrected chi connectivity index (χ3v) is 7.71. The van der Waals surface area contributed by atoms with Gasteiger partial charge < -0.3 is 10.2 Å². The van der Waals surface area contributed by atoms with E-state index in [1.807, 2.05) is 18.2 Å². The van der Waals surface area contributed by atoms with Gasteiger partial charge in [0.1, 0.15) is 6.07 Å². The molecule has 38 heavy (non-hydrogen) atoms. The number of ketones is 1. The zero-order chi connectivity index (χ0) is 26.5. The number of hydrogen-bond donors (Lipinski definition) is 1. The van der Waals surface area contributed by atoms with Crippen LogP contribution in [0.2, 0.25) is 0 Å². The van der Waals surface area contributed by atoms with Crippen molar-refractivity contribution in [2.24, 2.45) is 0 Å². The second kappa shape index (κ2) is 11.8. The maximum Gasteiger partial charge on any atom is 0.193 e. The number of fused-ring (bicyclic) bond motifs is 1. The summed E-state index contributed by atoms with van der Waals surface area (Å²) in [6.07, 6.45) is 9.64. The van der Waals surface area contributed by atoms with Crippen molar-refractivity contribution < 1.29 is 4.79 Å². The smallest absolute Gasteiger partial charge is 0.193 e. The van der Waals surface area contributed by atoms with Crippen LogP contribution in [0.4, 0.5) is 5.69 Å². The van der Waals surface area contributed by atoms with Crippen molar-refractivity contribution in [2.45, 2.75) is 58.4 Å². The van der Waals surface area contributed by atoms with Gasteiger partial charge in [-0.1, -0.05) is 17.8 Å². The van der Waals surface area contributed by atoms with Crippen LogP contribution in [0.3, 0.4) is 0 Å². The number of piperidine rings is 1. The molecule has 10 heteroatoms. The number of carbonyl (C=O) groups is 1. The van der Waals surface area contributed by atoms with Crippen LogP contribution in [0.1, 0.15) is 67.7 Å². The predicted molar refractivity (Wildman–Crippen MR) is 149 cm³/mol. The lowest BCUT2D eigenvalue weighted by atomic mass is 10.1. The molecule has 0 atom stereocenters. The first-order chi connectivity index (χ1) is 18.5. The number of rotatable bonds is 10. The Balaban J connectivity index is 1.32. The fourth-order valence-corrected chi connectivity index (χ4v) is 5.64. The Morgan fingerprint density at radius 3 is 2.76 bits per heavy atom. The molecule has 1 aliphatic heterocycles. The summed E-state index contributed by atoms with van der Waals surface area (Å²) in [5.74, 6) is 0.0535. The molecule has 0 radical (unpaired) electrons. The summed E-state index contributed by atoms with van der Waals surface area (Å²) < 4.78 is 1.77. The van der Waals surface area contributed by atoms with Crippen LogP contribution in [-0.4, -0.2) is 61.2 Å². The summed E-state index contributed by atoms with van der Waals surface area (Å²) in [6, 6.07) is 9.93. The Kier molecular flexibility index (Phi) is 8.05. The Hall–Kier alpha value is -3.68. The molecule has 5 heterocycles. The van der Waals surface area contributed by atoms with Gasteiger partial charge in [0.15, 0.2) is 15.8 Å². The molecular formula is C28H32N8OS. The van der Waals surface area contributed by atoms with Crippen LogP contribution < -0.4 is 5.32 Å². The van der Waals surface area contributed by atoms with E-state index in [1.165, 1.54) is 43.7 Å². The van der Waals surface area contributed by atoms with Crippen LogP contribution in [-0.2, 0) is 0 Å². The van der Waals surface area contributed by atoms with Gasteiger partial charge in [-0.3, -0.25) is 9.78 Å². The molecule has 0 saturated carbocycles. The minimum atomic E-state index is 0.0535. The molecule has 1 aliphatic rings. The Labute approximate surface area is 226 Å². The minimum absolute atomic E-state index is 0.0535. The lowest BCUT2D eigenvalue weighted by Gasteiger charge is -2.26. The largest absolute Gasteiger partial charge is 0.382 e. The molecule has 0 amide bonds. The van der Waals surface area contributed by atoms with Crippen molar-refractivity contribution in [1.29, 1.82) is 5.26 Å². The minimum Gasteiger partial charge on any atom is -0.382 e. The van der Waals surface area contributed by atoms with E-state index in [-0.39, 0.29) is 11.8 Å². The van der Waals surface area contributed by atoms with Crippen molar-refractivity contribution in [3.05, 3.63) is 47.2 Å². The number of nitriles is 1. The highest BCUT2D eigenvalue weighted by molar-refractivity contribution is 7.16. The Bertz CT molecular complexity index is 1460. The quantitative estimate of drug-likeness (QED) is 0.214. The number of likely N-dealkylation sites (tertiary alicyclic amines) is 1. The van der Waals surface area contributed by atoms with Gasteiger partial charge >= 0.3 is 0 Å². The predicted octanol–water partition coefficient (Wildman–Crippen LogP) is 5.45. The van der Waals surface area contributed by atoms with Gasteiger partial charge in [0.2, 0.25) is 0 Å². The van der Waals surface area contributed by atoms with Crippen molar-refractivity contribution in [3.8, 4) is 28.0 Å². The fraction of sp³-hybridized carbons (Fsp3) is 0.429. The number of unbranched alkanes of at least 4 members (excludes halogenated alkanes) is 1. The van der Waals surface area contributed by atoms with E-state index in [4.69, 9.17) is 10.2 Å². The van der Waals surface area contributed by atoms with Crippen LogP contribution in [0.15, 0.2) is 36.7 Å². The van der Waals surface area contributed by atoms with E-state index in [0.717, 1.165) is 47.5 Å². The topological polar surface area (TPSA) is 112 Å². The number of pyridine rings is 1. The van der Waals surface area contributed by atoms with Crippen molar-refractivity contribution in [3.63, 3.8) is 0 Å². The van der Waals surface area contributed by atoms with E-state index in [2.05, 4.69) is 45.4 Å². The molecule has 0 unspecified atom stereocenters. The molecule has 4 aromatic heterocycles. The first-order valence-electron chi connectivity index (χ1n) is 13.3. The SMILES string of the molecule is CC(C)Nc1cc(-c2ccc3cc(C#N)cnn23)ncc1-c1nnc(C(=O)CCCCN2CCCCC2)s1. The van der Waals surface area contributed by atoms with Gasteiger partial charge in [-0.05, 0) is 83.4 Å². The summed E-state index contributed by atoms with van der Waals surface area (Å²) in [7, 11) is 0. The second-order valence-electron chi connectivity index (χ2n) is 10.0. The van der Waals surface area contributed by atoms with Crippen LogP contribution >= 0.6 is 11.3 Å². The number of carbonyl (C=O) groups excluding carboxylic acids is 1. The Morgan fingerprint density at radius 2 is 1.97 bits per heavy atom. The number of aromatic nitrogens is 5.